The molecule has 1 aliphatic rings. The van der Waals surface area contributed by atoms with E-state index >= 15 is 0 Å². The molecule has 1 N–H and O–H groups in total. The molecule has 1 unspecified atom stereocenters. The molecule has 6 nitrogen and oxygen atoms in total. The lowest BCUT2D eigenvalue weighted by Gasteiger charge is -2.30. The van der Waals surface area contributed by atoms with E-state index in [4.69, 9.17) is 0 Å². The molecule has 2 aromatic rings. The Morgan fingerprint density at radius 3 is 2.89 bits per heavy atom. The van der Waals surface area contributed by atoms with E-state index in [0.717, 1.165) is 32.0 Å². The van der Waals surface area contributed by atoms with E-state index in [9.17, 15) is 14.0 Å². The molecule has 150 valence electrons. The van der Waals surface area contributed by atoms with Gasteiger partial charge in [-0.1, -0.05) is 19.1 Å². The molecule has 2 heterocycles. The summed E-state index contributed by atoms with van der Waals surface area (Å²) in [5.41, 5.74) is -0.0213. The first kappa shape index (κ1) is 20.2. The Balaban J connectivity index is 1.64. The summed E-state index contributed by atoms with van der Waals surface area (Å²) in [5.74, 6) is -0.275. The number of aromatic nitrogens is 2. The van der Waals surface area contributed by atoms with Crippen LogP contribution >= 0.6 is 0 Å². The predicted molar refractivity (Wildman–Crippen MR) is 106 cm³/mol. The lowest BCUT2D eigenvalue weighted by Crippen LogP contribution is -2.37. The first-order valence-corrected chi connectivity index (χ1v) is 9.82. The molecule has 0 bridgehead atoms. The van der Waals surface area contributed by atoms with Crippen molar-refractivity contribution in [3.63, 3.8) is 0 Å². The summed E-state index contributed by atoms with van der Waals surface area (Å²) in [4.78, 5) is 27.1. The minimum absolute atomic E-state index is 0.202. The molecule has 0 saturated carbocycles. The summed E-state index contributed by atoms with van der Waals surface area (Å²) < 4.78 is 15.4. The van der Waals surface area contributed by atoms with E-state index in [1.807, 2.05) is 0 Å². The summed E-state index contributed by atoms with van der Waals surface area (Å²) >= 11 is 0. The highest BCUT2D eigenvalue weighted by Crippen LogP contribution is 2.15. The third kappa shape index (κ3) is 4.84. The Kier molecular flexibility index (Phi) is 6.57. The van der Waals surface area contributed by atoms with Crippen molar-refractivity contribution in [2.75, 3.05) is 26.2 Å². The molecule has 1 fully saturated rings. The van der Waals surface area contributed by atoms with Crippen molar-refractivity contribution in [1.29, 1.82) is 0 Å². The zero-order valence-electron chi connectivity index (χ0n) is 16.4. The van der Waals surface area contributed by atoms with Crippen LogP contribution in [0.25, 0.3) is 5.69 Å². The van der Waals surface area contributed by atoms with Crippen molar-refractivity contribution in [2.45, 2.75) is 33.1 Å². The van der Waals surface area contributed by atoms with E-state index in [1.165, 1.54) is 29.7 Å². The average Bonchev–Trinajstić information content (AvgIpc) is 2.66. The molecule has 0 spiro atoms. The van der Waals surface area contributed by atoms with Crippen molar-refractivity contribution in [1.82, 2.24) is 20.0 Å². The Morgan fingerprint density at radius 2 is 2.14 bits per heavy atom. The van der Waals surface area contributed by atoms with Crippen LogP contribution < -0.4 is 10.7 Å². The van der Waals surface area contributed by atoms with Crippen molar-refractivity contribution >= 4 is 5.91 Å². The third-order valence-corrected chi connectivity index (χ3v) is 5.08. The van der Waals surface area contributed by atoms with Gasteiger partial charge in [-0.15, -0.1) is 0 Å². The number of likely N-dealkylation sites (tertiary alicyclic amines) is 1. The monoisotopic (exact) mass is 386 g/mol. The number of carbonyl (C=O) groups is 1. The summed E-state index contributed by atoms with van der Waals surface area (Å²) in [6, 6.07) is 7.44. The van der Waals surface area contributed by atoms with E-state index in [2.05, 4.69) is 22.2 Å². The zero-order valence-corrected chi connectivity index (χ0v) is 16.4. The van der Waals surface area contributed by atoms with Gasteiger partial charge in [0.05, 0.1) is 0 Å². The number of nitrogens with one attached hydrogen (secondary N) is 1. The number of carbonyl (C=O) groups excluding carboxylic acids is 1. The molecule has 1 aliphatic heterocycles. The van der Waals surface area contributed by atoms with E-state index < -0.39 is 17.2 Å². The fourth-order valence-corrected chi connectivity index (χ4v) is 3.65. The van der Waals surface area contributed by atoms with Gasteiger partial charge in [0.1, 0.15) is 11.5 Å². The first-order chi connectivity index (χ1) is 13.5. The molecule has 1 saturated heterocycles. The molecule has 3 rings (SSSR count). The van der Waals surface area contributed by atoms with Crippen molar-refractivity contribution < 1.29 is 9.18 Å². The fraction of sp³-hybridized carbons (Fsp3) is 0.476. The molecular weight excluding hydrogens is 359 g/mol. The van der Waals surface area contributed by atoms with Gasteiger partial charge in [0.25, 0.3) is 5.91 Å². The maximum atomic E-state index is 14.1. The fourth-order valence-electron chi connectivity index (χ4n) is 3.65. The van der Waals surface area contributed by atoms with E-state index in [1.54, 1.807) is 25.1 Å². The van der Waals surface area contributed by atoms with Gasteiger partial charge in [-0.05, 0) is 57.3 Å². The highest BCUT2D eigenvalue weighted by atomic mass is 19.1. The Bertz CT molecular complexity index is 896. The molecule has 1 amide bonds. The van der Waals surface area contributed by atoms with Crippen LogP contribution in [0, 0.1) is 18.7 Å². The van der Waals surface area contributed by atoms with Crippen LogP contribution in [0.1, 0.15) is 42.4 Å². The Morgan fingerprint density at radius 1 is 1.36 bits per heavy atom. The number of para-hydroxylation sites is 1. The first-order valence-electron chi connectivity index (χ1n) is 9.82. The van der Waals surface area contributed by atoms with Crippen LogP contribution in [0.5, 0.6) is 0 Å². The van der Waals surface area contributed by atoms with Gasteiger partial charge in [0, 0.05) is 24.8 Å². The second kappa shape index (κ2) is 9.10. The molecule has 0 aliphatic carbocycles. The molecule has 1 atom stereocenters. The lowest BCUT2D eigenvalue weighted by molar-refractivity contribution is 0.0942. The quantitative estimate of drug-likeness (QED) is 0.775. The number of hydrogen-bond acceptors (Lipinski definition) is 4. The van der Waals surface area contributed by atoms with Crippen LogP contribution in [-0.4, -0.2) is 46.8 Å². The van der Waals surface area contributed by atoms with Crippen LogP contribution in [0.4, 0.5) is 4.39 Å². The summed E-state index contributed by atoms with van der Waals surface area (Å²) in [6.45, 7) is 7.51. The van der Waals surface area contributed by atoms with Gasteiger partial charge in [0.15, 0.2) is 5.69 Å². The number of nitrogens with zero attached hydrogens (tertiary/aromatic N) is 3. The van der Waals surface area contributed by atoms with Crippen LogP contribution in [0.3, 0.4) is 0 Å². The van der Waals surface area contributed by atoms with E-state index in [0.29, 0.717) is 12.2 Å². The largest absolute Gasteiger partial charge is 0.350 e. The number of amides is 1. The highest BCUT2D eigenvalue weighted by molar-refractivity contribution is 5.92. The van der Waals surface area contributed by atoms with Gasteiger partial charge in [0.2, 0.25) is 5.43 Å². The second-order valence-corrected chi connectivity index (χ2v) is 7.52. The standard InChI is InChI=1S/C21H27FN4O2/c1-15-7-5-11-25(14-15)12-6-10-23-21(28)20-19(27)13-16(2)26(24-20)18-9-4-3-8-17(18)22/h3-4,8-9,13,15H,5-7,10-12,14H2,1-2H3,(H,23,28). The normalized spacial score (nSPS) is 17.5. The lowest BCUT2D eigenvalue weighted by atomic mass is 10.0. The Hall–Kier alpha value is -2.54. The van der Waals surface area contributed by atoms with Gasteiger partial charge < -0.3 is 10.2 Å². The zero-order chi connectivity index (χ0) is 20.1. The number of aryl methyl sites for hydroxylation is 1. The number of rotatable bonds is 6. The molecule has 1 aromatic heterocycles. The summed E-state index contributed by atoms with van der Waals surface area (Å²) in [5, 5.41) is 6.89. The van der Waals surface area contributed by atoms with Gasteiger partial charge in [-0.25, -0.2) is 9.07 Å². The Labute approximate surface area is 164 Å². The van der Waals surface area contributed by atoms with Crippen molar-refractivity contribution in [3.05, 3.63) is 57.8 Å². The molecule has 28 heavy (non-hydrogen) atoms. The molecule has 7 heteroatoms. The number of hydrogen-bond donors (Lipinski definition) is 1. The van der Waals surface area contributed by atoms with E-state index in [-0.39, 0.29) is 11.4 Å². The van der Waals surface area contributed by atoms with Crippen LogP contribution in [0.2, 0.25) is 0 Å². The van der Waals surface area contributed by atoms with Crippen LogP contribution in [0.15, 0.2) is 35.1 Å². The minimum Gasteiger partial charge on any atom is -0.350 e. The molecular formula is C21H27FN4O2. The number of halogens is 1. The third-order valence-electron chi connectivity index (χ3n) is 5.08. The molecule has 0 radical (unpaired) electrons. The van der Waals surface area contributed by atoms with Crippen LogP contribution in [-0.2, 0) is 0 Å². The number of benzene rings is 1. The minimum atomic E-state index is -0.526. The second-order valence-electron chi connectivity index (χ2n) is 7.52. The maximum Gasteiger partial charge on any atom is 0.275 e. The topological polar surface area (TPSA) is 67.2 Å². The molecule has 1 aromatic carbocycles. The van der Waals surface area contributed by atoms with Crippen molar-refractivity contribution in [2.24, 2.45) is 5.92 Å². The maximum absolute atomic E-state index is 14.1. The predicted octanol–water partition coefficient (Wildman–Crippen LogP) is 2.53. The van der Waals surface area contributed by atoms with Gasteiger partial charge in [-0.3, -0.25) is 9.59 Å². The summed E-state index contributed by atoms with van der Waals surface area (Å²) in [7, 11) is 0. The highest BCUT2D eigenvalue weighted by Gasteiger charge is 2.18. The van der Waals surface area contributed by atoms with Crippen molar-refractivity contribution in [3.8, 4) is 5.69 Å². The van der Waals surface area contributed by atoms with Gasteiger partial charge in [-0.2, -0.15) is 5.10 Å². The van der Waals surface area contributed by atoms with Gasteiger partial charge >= 0.3 is 0 Å². The smallest absolute Gasteiger partial charge is 0.275 e. The summed E-state index contributed by atoms with van der Waals surface area (Å²) in [6.07, 6.45) is 3.31. The SMILES string of the molecule is Cc1cc(=O)c(C(=O)NCCCN2CCCC(C)C2)nn1-c1ccccc1F. The average molecular weight is 386 g/mol. The number of piperidine rings is 1.